The molecule has 15 N–H and O–H groups in total. The standard InChI is InChI=1S/C57H92O27/c1-8-26(60)28-17-22(2)57(84-28)16-15-54(5)25-9-10-32-53(4,24(25)11-14-55(54,57)6)13-12-33(56(32,7)73)80-49-43(71)41(69)37(65)31(79-49)21-75-51-46(35(63)27(61)20-74-51)82-52-47(83-48-42(70)39(67)34(62)23(3)76-48)45(38(66)30(19-59)78-52)81-50-44(72)40(68)36(64)29(18-58)77-50/h22-23,27-52,58-59,61-73H,8-21H2,1-7H3. The van der Waals surface area contributed by atoms with Crippen molar-refractivity contribution in [3.05, 3.63) is 11.1 Å². The lowest BCUT2D eigenvalue weighted by Gasteiger charge is -2.63. The van der Waals surface area contributed by atoms with E-state index >= 15 is 0 Å². The van der Waals surface area contributed by atoms with Gasteiger partial charge in [-0.3, -0.25) is 4.79 Å². The van der Waals surface area contributed by atoms with Gasteiger partial charge in [0.05, 0.1) is 49.8 Å². The molecule has 4 aliphatic carbocycles. The van der Waals surface area contributed by atoms with Gasteiger partial charge in [0.15, 0.2) is 37.2 Å². The van der Waals surface area contributed by atoms with Gasteiger partial charge in [0, 0.05) is 11.8 Å². The predicted molar refractivity (Wildman–Crippen MR) is 281 cm³/mol. The first-order valence-corrected chi connectivity index (χ1v) is 30.0. The Bertz CT molecular complexity index is 2330. The van der Waals surface area contributed by atoms with Crippen molar-refractivity contribution in [2.24, 2.45) is 28.1 Å². The molecule has 6 saturated heterocycles. The zero-order valence-corrected chi connectivity index (χ0v) is 48.7. The first-order valence-electron chi connectivity index (χ1n) is 30.0. The molecular weight excluding hydrogens is 1120 g/mol. The van der Waals surface area contributed by atoms with Gasteiger partial charge in [-0.25, -0.2) is 0 Å². The molecule has 8 fully saturated rings. The first-order chi connectivity index (χ1) is 39.5. The number of carbonyl (C=O) groups excluding carboxylic acids is 1. The molecule has 10 aliphatic rings. The monoisotopic (exact) mass is 1210 g/mol. The lowest BCUT2D eigenvalue weighted by atomic mass is 9.44. The van der Waals surface area contributed by atoms with E-state index in [2.05, 4.69) is 27.7 Å². The Hall–Kier alpha value is -1.63. The summed E-state index contributed by atoms with van der Waals surface area (Å²) in [7, 11) is 0. The highest BCUT2D eigenvalue weighted by Crippen LogP contribution is 2.75. The molecule has 0 amide bonds. The fourth-order valence-corrected chi connectivity index (χ4v) is 16.7. The third kappa shape index (κ3) is 10.7. The summed E-state index contributed by atoms with van der Waals surface area (Å²) in [5.41, 5.74) is 0.0485. The van der Waals surface area contributed by atoms with Gasteiger partial charge in [-0.1, -0.05) is 45.8 Å². The van der Waals surface area contributed by atoms with Crippen molar-refractivity contribution < 1.29 is 133 Å². The van der Waals surface area contributed by atoms with Crippen molar-refractivity contribution in [3.8, 4) is 0 Å². The largest absolute Gasteiger partial charge is 0.394 e. The number of aliphatic hydroxyl groups is 15. The number of allylic oxidation sites excluding steroid dienone is 2. The molecule has 0 aromatic carbocycles. The van der Waals surface area contributed by atoms with Gasteiger partial charge < -0.3 is 129 Å². The van der Waals surface area contributed by atoms with E-state index in [1.165, 1.54) is 18.1 Å². The van der Waals surface area contributed by atoms with Gasteiger partial charge >= 0.3 is 0 Å². The molecule has 33 atom stereocenters. The summed E-state index contributed by atoms with van der Waals surface area (Å²) >= 11 is 0. The van der Waals surface area contributed by atoms with Gasteiger partial charge in [0.2, 0.25) is 0 Å². The number of ketones is 1. The van der Waals surface area contributed by atoms with Crippen molar-refractivity contribution >= 4 is 5.78 Å². The van der Waals surface area contributed by atoms with Crippen LogP contribution in [0.15, 0.2) is 11.1 Å². The molecule has 27 nitrogen and oxygen atoms in total. The Morgan fingerprint density at radius 2 is 1.14 bits per heavy atom. The maximum absolute atomic E-state index is 13.0. The van der Waals surface area contributed by atoms with Gasteiger partial charge in [-0.05, 0) is 94.3 Å². The minimum atomic E-state index is -2.05. The minimum absolute atomic E-state index is 0.146. The first kappa shape index (κ1) is 65.3. The molecule has 6 aliphatic heterocycles. The minimum Gasteiger partial charge on any atom is -0.394 e. The van der Waals surface area contributed by atoms with E-state index in [-0.39, 0.29) is 28.4 Å². The molecule has 10 rings (SSSR count). The Morgan fingerprint density at radius 1 is 0.571 bits per heavy atom. The average Bonchev–Trinajstić information content (AvgIpc) is 1.45. The van der Waals surface area contributed by atoms with E-state index in [0.717, 1.165) is 38.5 Å². The second-order valence-electron chi connectivity index (χ2n) is 26.5. The van der Waals surface area contributed by atoms with Crippen LogP contribution < -0.4 is 0 Å². The molecule has 482 valence electrons. The highest BCUT2D eigenvalue weighted by molar-refractivity contribution is 5.83. The van der Waals surface area contributed by atoms with Crippen molar-refractivity contribution in [3.63, 3.8) is 0 Å². The van der Waals surface area contributed by atoms with Gasteiger partial charge in [0.1, 0.15) is 116 Å². The summed E-state index contributed by atoms with van der Waals surface area (Å²) in [4.78, 5) is 13.0. The zero-order valence-electron chi connectivity index (χ0n) is 48.7. The number of hydrogen-bond donors (Lipinski definition) is 15. The van der Waals surface area contributed by atoms with E-state index in [9.17, 15) is 81.4 Å². The Kier molecular flexibility index (Phi) is 19.1. The maximum Gasteiger partial charge on any atom is 0.187 e. The zero-order chi connectivity index (χ0) is 61.1. The van der Waals surface area contributed by atoms with Crippen molar-refractivity contribution in [2.45, 2.75) is 284 Å². The number of carbonyl (C=O) groups is 1. The van der Waals surface area contributed by atoms with Gasteiger partial charge in [-0.2, -0.15) is 0 Å². The van der Waals surface area contributed by atoms with Crippen molar-refractivity contribution in [2.75, 3.05) is 26.4 Å². The normalized spacial score (nSPS) is 55.2. The molecule has 0 aromatic rings. The molecule has 1 spiro atoms. The number of aliphatic hydroxyl groups excluding tert-OH is 14. The van der Waals surface area contributed by atoms with E-state index in [4.69, 9.17) is 52.1 Å². The molecule has 33 unspecified atom stereocenters. The molecule has 0 radical (unpaired) electrons. The summed E-state index contributed by atoms with van der Waals surface area (Å²) in [5, 5.41) is 166. The predicted octanol–water partition coefficient (Wildman–Crippen LogP) is -3.86. The van der Waals surface area contributed by atoms with Crippen LogP contribution in [-0.2, 0) is 56.9 Å². The molecule has 2 saturated carbocycles. The third-order valence-corrected chi connectivity index (χ3v) is 22.1. The highest BCUT2D eigenvalue weighted by atomic mass is 16.8. The smallest absolute Gasteiger partial charge is 0.187 e. The van der Waals surface area contributed by atoms with E-state index in [1.54, 1.807) is 6.92 Å². The molecule has 27 heteroatoms. The van der Waals surface area contributed by atoms with E-state index in [0.29, 0.717) is 25.7 Å². The summed E-state index contributed by atoms with van der Waals surface area (Å²) in [6.45, 7) is 11.1. The van der Waals surface area contributed by atoms with Crippen LogP contribution in [0, 0.1) is 28.1 Å². The van der Waals surface area contributed by atoms with Gasteiger partial charge in [0.25, 0.3) is 0 Å². The Morgan fingerprint density at radius 3 is 1.80 bits per heavy atom. The third-order valence-electron chi connectivity index (χ3n) is 22.1. The summed E-state index contributed by atoms with van der Waals surface area (Å²) < 4.78 is 66.9. The van der Waals surface area contributed by atoms with Crippen LogP contribution in [-0.4, -0.2) is 280 Å². The SMILES string of the molecule is CCC(=O)C1CC(C)C2(CCC3(C)C4=C(CCC32C)C2(C)CCC(OC3OC(COC5OCC(O)C(O)C5OC5OC(CO)C(O)C(OC6OC(CO)C(O)C(O)C6O)C5OC5OC(C)C(O)C(O)C5O)C(O)C(O)C3O)C(C)(O)C2CC4)O1. The summed E-state index contributed by atoms with van der Waals surface area (Å²) in [5.74, 6) is 0.0709. The number of fused-ring (bicyclic) bond motifs is 5. The average molecular weight is 1210 g/mol. The van der Waals surface area contributed by atoms with Crippen molar-refractivity contribution in [1.29, 1.82) is 0 Å². The molecule has 0 bridgehead atoms. The van der Waals surface area contributed by atoms with Gasteiger partial charge in [-0.15, -0.1) is 0 Å². The Balaban J connectivity index is 0.850. The maximum atomic E-state index is 13.0. The number of rotatable bonds is 15. The fourth-order valence-electron chi connectivity index (χ4n) is 16.7. The highest BCUT2D eigenvalue weighted by Gasteiger charge is 2.72. The molecule has 84 heavy (non-hydrogen) atoms. The molecule has 6 heterocycles. The van der Waals surface area contributed by atoms with Crippen LogP contribution in [0.25, 0.3) is 0 Å². The second-order valence-corrected chi connectivity index (χ2v) is 26.5. The lowest BCUT2D eigenvalue weighted by Crippen LogP contribution is -2.68. The van der Waals surface area contributed by atoms with Crippen LogP contribution >= 0.6 is 0 Å². The van der Waals surface area contributed by atoms with E-state index in [1.807, 2.05) is 6.92 Å². The van der Waals surface area contributed by atoms with Crippen LogP contribution in [0.4, 0.5) is 0 Å². The Labute approximate surface area is 487 Å². The fraction of sp³-hybridized carbons (Fsp3) is 0.947. The molecular formula is C57H92O27. The van der Waals surface area contributed by atoms with Crippen LogP contribution in [0.1, 0.15) is 113 Å². The van der Waals surface area contributed by atoms with Crippen LogP contribution in [0.2, 0.25) is 0 Å². The van der Waals surface area contributed by atoms with Crippen LogP contribution in [0.3, 0.4) is 0 Å². The summed E-state index contributed by atoms with van der Waals surface area (Å²) in [6.07, 6.45) is -37.6. The van der Waals surface area contributed by atoms with Crippen molar-refractivity contribution in [1.82, 2.24) is 0 Å². The molecule has 0 aromatic heterocycles. The quantitative estimate of drug-likeness (QED) is 0.0698. The number of hydrogen-bond acceptors (Lipinski definition) is 27. The number of ether oxygens (including phenoxy) is 11. The lowest BCUT2D eigenvalue weighted by molar-refractivity contribution is -0.406. The summed E-state index contributed by atoms with van der Waals surface area (Å²) in [6, 6.07) is 0. The van der Waals surface area contributed by atoms with Crippen LogP contribution in [0.5, 0.6) is 0 Å². The second kappa shape index (κ2) is 24.5. The topological polar surface area (TPSA) is 422 Å². The van der Waals surface area contributed by atoms with E-state index < -0.39 is 203 Å². The number of Topliss-reactive ketones (excluding diaryl/α,β-unsaturated/α-hetero) is 1.